The summed E-state index contributed by atoms with van der Waals surface area (Å²) in [7, 11) is -3.53. The van der Waals surface area contributed by atoms with Crippen molar-refractivity contribution in [3.05, 3.63) is 29.0 Å². The van der Waals surface area contributed by atoms with E-state index in [2.05, 4.69) is 21.7 Å². The zero-order valence-corrected chi connectivity index (χ0v) is 18.1. The van der Waals surface area contributed by atoms with Crippen molar-refractivity contribution >= 4 is 44.2 Å². The largest absolute Gasteiger partial charge is 0.379 e. The Morgan fingerprint density at radius 3 is 2.71 bits per heavy atom. The van der Waals surface area contributed by atoms with Crippen LogP contribution in [0.4, 0.5) is 0 Å². The molecule has 0 N–H and O–H groups in total. The van der Waals surface area contributed by atoms with Gasteiger partial charge in [0.05, 0.1) is 34.9 Å². The standard InChI is InChI=1S/C17H21N5O3S3/c1-3-22-15-5-4-13(28(23,24)21-6-8-25-9-7-21)10-14(15)18-16(22)11-26-17-20-19-12(2)27-17/h4-5,10H,3,6-9,11H2,1-2H3. The number of benzene rings is 1. The lowest BCUT2D eigenvalue weighted by Gasteiger charge is -2.26. The Kier molecular flexibility index (Phi) is 5.70. The zero-order valence-electron chi connectivity index (χ0n) is 15.7. The van der Waals surface area contributed by atoms with Crippen molar-refractivity contribution in [1.82, 2.24) is 24.1 Å². The Balaban J connectivity index is 1.64. The average molecular weight is 440 g/mol. The predicted molar refractivity (Wildman–Crippen MR) is 109 cm³/mol. The highest BCUT2D eigenvalue weighted by molar-refractivity contribution is 8.00. The molecule has 3 aromatic rings. The Morgan fingerprint density at radius 1 is 1.25 bits per heavy atom. The van der Waals surface area contributed by atoms with E-state index in [1.807, 2.05) is 13.0 Å². The van der Waals surface area contributed by atoms with E-state index >= 15 is 0 Å². The molecular weight excluding hydrogens is 418 g/mol. The summed E-state index contributed by atoms with van der Waals surface area (Å²) in [6, 6.07) is 5.20. The maximum atomic E-state index is 12.9. The number of hydrogen-bond donors (Lipinski definition) is 0. The number of aryl methyl sites for hydroxylation is 2. The van der Waals surface area contributed by atoms with Gasteiger partial charge in [-0.15, -0.1) is 10.2 Å². The Labute approximate surface area is 172 Å². The fourth-order valence-electron chi connectivity index (χ4n) is 3.18. The predicted octanol–water partition coefficient (Wildman–Crippen LogP) is 2.53. The lowest BCUT2D eigenvalue weighted by atomic mass is 10.3. The van der Waals surface area contributed by atoms with Crippen molar-refractivity contribution in [2.75, 3.05) is 26.3 Å². The number of thioether (sulfide) groups is 1. The van der Waals surface area contributed by atoms with Gasteiger partial charge in [0.1, 0.15) is 10.8 Å². The number of sulfonamides is 1. The summed E-state index contributed by atoms with van der Waals surface area (Å²) in [4.78, 5) is 4.99. The van der Waals surface area contributed by atoms with E-state index in [0.29, 0.717) is 37.6 Å². The molecule has 1 aromatic carbocycles. The molecule has 0 saturated carbocycles. The van der Waals surface area contributed by atoms with Crippen LogP contribution in [0.1, 0.15) is 17.8 Å². The van der Waals surface area contributed by atoms with Crippen LogP contribution in [0.15, 0.2) is 27.4 Å². The van der Waals surface area contributed by atoms with Crippen LogP contribution >= 0.6 is 23.1 Å². The van der Waals surface area contributed by atoms with E-state index in [4.69, 9.17) is 9.72 Å². The summed E-state index contributed by atoms with van der Waals surface area (Å²) in [6.07, 6.45) is 0. The van der Waals surface area contributed by atoms with Crippen LogP contribution in [-0.4, -0.2) is 58.8 Å². The molecule has 4 rings (SSSR count). The normalized spacial score (nSPS) is 16.1. The fourth-order valence-corrected chi connectivity index (χ4v) is 6.37. The smallest absolute Gasteiger partial charge is 0.243 e. The number of imidazole rings is 1. The van der Waals surface area contributed by atoms with E-state index in [9.17, 15) is 8.42 Å². The van der Waals surface area contributed by atoms with Crippen molar-refractivity contribution in [2.45, 2.75) is 35.4 Å². The quantitative estimate of drug-likeness (QED) is 0.545. The van der Waals surface area contributed by atoms with Gasteiger partial charge in [0.15, 0.2) is 4.34 Å². The summed E-state index contributed by atoms with van der Waals surface area (Å²) in [6.45, 7) is 6.37. The maximum absolute atomic E-state index is 12.9. The lowest BCUT2D eigenvalue weighted by Crippen LogP contribution is -2.40. The molecule has 0 amide bonds. The van der Waals surface area contributed by atoms with Gasteiger partial charge in [0.25, 0.3) is 0 Å². The molecule has 1 aliphatic heterocycles. The van der Waals surface area contributed by atoms with Crippen molar-refractivity contribution in [3.8, 4) is 0 Å². The molecule has 0 spiro atoms. The monoisotopic (exact) mass is 439 g/mol. The summed E-state index contributed by atoms with van der Waals surface area (Å²) >= 11 is 3.15. The van der Waals surface area contributed by atoms with Crippen molar-refractivity contribution in [1.29, 1.82) is 0 Å². The molecule has 0 radical (unpaired) electrons. The Bertz CT molecular complexity index is 1090. The first kappa shape index (κ1) is 19.8. The third-order valence-electron chi connectivity index (χ3n) is 4.56. The first-order valence-electron chi connectivity index (χ1n) is 8.99. The molecule has 1 fully saturated rings. The number of nitrogens with zero attached hydrogens (tertiary/aromatic N) is 5. The second-order valence-corrected chi connectivity index (χ2v) is 10.7. The third-order valence-corrected chi connectivity index (χ3v) is 8.42. The summed E-state index contributed by atoms with van der Waals surface area (Å²) in [5.74, 6) is 1.55. The number of morpholine rings is 1. The van der Waals surface area contributed by atoms with Gasteiger partial charge in [-0.1, -0.05) is 23.1 Å². The van der Waals surface area contributed by atoms with Crippen LogP contribution in [0, 0.1) is 6.92 Å². The molecule has 1 aliphatic rings. The molecule has 0 unspecified atom stereocenters. The van der Waals surface area contributed by atoms with Crippen LogP contribution in [0.25, 0.3) is 11.0 Å². The van der Waals surface area contributed by atoms with E-state index in [1.54, 1.807) is 35.2 Å². The van der Waals surface area contributed by atoms with Crippen molar-refractivity contribution in [3.63, 3.8) is 0 Å². The Hall–Kier alpha value is -1.53. The van der Waals surface area contributed by atoms with Crippen LogP contribution < -0.4 is 0 Å². The fraction of sp³-hybridized carbons (Fsp3) is 0.471. The van der Waals surface area contributed by atoms with E-state index in [0.717, 1.165) is 27.2 Å². The van der Waals surface area contributed by atoms with Crippen LogP contribution in [0.3, 0.4) is 0 Å². The molecule has 28 heavy (non-hydrogen) atoms. The average Bonchev–Trinajstić information content (AvgIpc) is 3.28. The highest BCUT2D eigenvalue weighted by Gasteiger charge is 2.27. The van der Waals surface area contributed by atoms with Crippen molar-refractivity contribution in [2.24, 2.45) is 0 Å². The summed E-state index contributed by atoms with van der Waals surface area (Å²) in [5.41, 5.74) is 1.63. The minimum atomic E-state index is -3.53. The molecule has 2 aromatic heterocycles. The highest BCUT2D eigenvalue weighted by atomic mass is 32.2. The third kappa shape index (κ3) is 3.81. The second-order valence-electron chi connectivity index (χ2n) is 6.31. The van der Waals surface area contributed by atoms with Crippen LogP contribution in [-0.2, 0) is 27.1 Å². The highest BCUT2D eigenvalue weighted by Crippen LogP contribution is 2.28. The summed E-state index contributed by atoms with van der Waals surface area (Å²) < 4.78 is 35.6. The number of rotatable bonds is 6. The first-order chi connectivity index (χ1) is 13.5. The summed E-state index contributed by atoms with van der Waals surface area (Å²) in [5, 5.41) is 9.11. The molecule has 1 saturated heterocycles. The van der Waals surface area contributed by atoms with E-state index < -0.39 is 10.0 Å². The number of fused-ring (bicyclic) bond motifs is 1. The van der Waals surface area contributed by atoms with Gasteiger partial charge in [-0.2, -0.15) is 4.31 Å². The van der Waals surface area contributed by atoms with E-state index in [1.165, 1.54) is 4.31 Å². The van der Waals surface area contributed by atoms with Gasteiger partial charge in [-0.3, -0.25) is 0 Å². The van der Waals surface area contributed by atoms with Gasteiger partial charge in [0, 0.05) is 19.6 Å². The SMILES string of the molecule is CCn1c(CSc2nnc(C)s2)nc2cc(S(=O)(=O)N3CCOCC3)ccc21. The molecule has 11 heteroatoms. The zero-order chi connectivity index (χ0) is 19.7. The number of aromatic nitrogens is 4. The van der Waals surface area contributed by atoms with Gasteiger partial charge >= 0.3 is 0 Å². The number of ether oxygens (including phenoxy) is 1. The second kappa shape index (κ2) is 8.07. The van der Waals surface area contributed by atoms with Gasteiger partial charge in [-0.05, 0) is 32.0 Å². The topological polar surface area (TPSA) is 90.2 Å². The van der Waals surface area contributed by atoms with Crippen LogP contribution in [0.5, 0.6) is 0 Å². The molecule has 150 valence electrons. The molecular formula is C17H21N5O3S3. The van der Waals surface area contributed by atoms with Gasteiger partial charge in [-0.25, -0.2) is 13.4 Å². The van der Waals surface area contributed by atoms with E-state index in [-0.39, 0.29) is 4.90 Å². The molecule has 3 heterocycles. The Morgan fingerprint density at radius 2 is 2.04 bits per heavy atom. The molecule has 0 aliphatic carbocycles. The minimum absolute atomic E-state index is 0.279. The van der Waals surface area contributed by atoms with Gasteiger partial charge in [0.2, 0.25) is 10.0 Å². The van der Waals surface area contributed by atoms with Crippen LogP contribution in [0.2, 0.25) is 0 Å². The minimum Gasteiger partial charge on any atom is -0.379 e. The maximum Gasteiger partial charge on any atom is 0.243 e. The van der Waals surface area contributed by atoms with Crippen molar-refractivity contribution < 1.29 is 13.2 Å². The molecule has 0 bridgehead atoms. The van der Waals surface area contributed by atoms with Gasteiger partial charge < -0.3 is 9.30 Å². The molecule has 8 nitrogen and oxygen atoms in total. The number of hydrogen-bond acceptors (Lipinski definition) is 8. The molecule has 0 atom stereocenters. The first-order valence-corrected chi connectivity index (χ1v) is 12.2. The lowest BCUT2D eigenvalue weighted by molar-refractivity contribution is 0.0730.